The van der Waals surface area contributed by atoms with Crippen LogP contribution in [-0.4, -0.2) is 36.3 Å². The van der Waals surface area contributed by atoms with Crippen molar-refractivity contribution in [3.8, 4) is 0 Å². The van der Waals surface area contributed by atoms with E-state index >= 15 is 0 Å². The second-order valence-corrected chi connectivity index (χ2v) is 4.15. The minimum Gasteiger partial charge on any atom is -0.343 e. The van der Waals surface area contributed by atoms with E-state index in [1.165, 1.54) is 0 Å². The number of nitrogens with one attached hydrogen (secondary N) is 1. The van der Waals surface area contributed by atoms with E-state index in [2.05, 4.69) is 5.32 Å². The summed E-state index contributed by atoms with van der Waals surface area (Å²) in [6, 6.07) is 0. The molecule has 0 aromatic carbocycles. The van der Waals surface area contributed by atoms with Gasteiger partial charge in [-0.05, 0) is 26.7 Å². The van der Waals surface area contributed by atoms with Crippen LogP contribution in [0.3, 0.4) is 0 Å². The number of carbonyl (C=O) groups excluding carboxylic acids is 2. The van der Waals surface area contributed by atoms with Crippen LogP contribution in [0.4, 0.5) is 0 Å². The molecule has 4 heteroatoms. The van der Waals surface area contributed by atoms with E-state index in [0.29, 0.717) is 13.1 Å². The number of allylic oxidation sites excluding steroid dienone is 1. The first-order valence-electron chi connectivity index (χ1n) is 6.20. The van der Waals surface area contributed by atoms with Crippen molar-refractivity contribution in [2.45, 2.75) is 34.6 Å². The average molecular weight is 240 g/mol. The lowest BCUT2D eigenvalue weighted by atomic mass is 10.0. The average Bonchev–Trinajstić information content (AvgIpc) is 2.28. The Labute approximate surface area is 104 Å². The second-order valence-electron chi connectivity index (χ2n) is 4.15. The fourth-order valence-electron chi connectivity index (χ4n) is 1.67. The molecule has 0 saturated heterocycles. The molecule has 0 rings (SSSR count). The first kappa shape index (κ1) is 15.7. The van der Waals surface area contributed by atoms with Crippen LogP contribution >= 0.6 is 0 Å². The number of amides is 2. The highest BCUT2D eigenvalue weighted by molar-refractivity contribution is 5.96. The molecule has 1 N–H and O–H groups in total. The Morgan fingerprint density at radius 2 is 1.76 bits per heavy atom. The molecule has 0 saturated carbocycles. The van der Waals surface area contributed by atoms with E-state index in [1.807, 2.05) is 34.6 Å². The maximum atomic E-state index is 11.8. The van der Waals surface area contributed by atoms with Crippen molar-refractivity contribution in [1.82, 2.24) is 10.2 Å². The Bertz CT molecular complexity index is 292. The topological polar surface area (TPSA) is 49.4 Å². The molecule has 0 aromatic heterocycles. The number of rotatable bonds is 6. The third kappa shape index (κ3) is 5.02. The Morgan fingerprint density at radius 3 is 2.12 bits per heavy atom. The van der Waals surface area contributed by atoms with Gasteiger partial charge in [-0.1, -0.05) is 19.9 Å². The predicted octanol–water partition coefficient (Wildman–Crippen LogP) is 1.57. The fourth-order valence-corrected chi connectivity index (χ4v) is 1.67. The van der Waals surface area contributed by atoms with Gasteiger partial charge in [0.2, 0.25) is 11.8 Å². The lowest BCUT2D eigenvalue weighted by Crippen LogP contribution is -2.40. The Morgan fingerprint density at radius 1 is 1.24 bits per heavy atom. The van der Waals surface area contributed by atoms with Gasteiger partial charge >= 0.3 is 0 Å². The zero-order valence-electron chi connectivity index (χ0n) is 11.5. The molecule has 0 spiro atoms. The Kier molecular flexibility index (Phi) is 7.26. The molecule has 0 aliphatic carbocycles. The van der Waals surface area contributed by atoms with Crippen molar-refractivity contribution in [3.05, 3.63) is 11.6 Å². The zero-order chi connectivity index (χ0) is 13.4. The second kappa shape index (κ2) is 7.87. The fraction of sp³-hybridized carbons (Fsp3) is 0.692. The highest BCUT2D eigenvalue weighted by Gasteiger charge is 2.15. The summed E-state index contributed by atoms with van der Waals surface area (Å²) in [5.41, 5.74) is 0.720. The monoisotopic (exact) mass is 240 g/mol. The van der Waals surface area contributed by atoms with Crippen molar-refractivity contribution in [1.29, 1.82) is 0 Å². The molecular weight excluding hydrogens is 216 g/mol. The molecule has 0 radical (unpaired) electrons. The van der Waals surface area contributed by atoms with Gasteiger partial charge in [0.1, 0.15) is 0 Å². The van der Waals surface area contributed by atoms with Crippen LogP contribution in [0.15, 0.2) is 11.6 Å². The summed E-state index contributed by atoms with van der Waals surface area (Å²) >= 11 is 0. The molecule has 4 nitrogen and oxygen atoms in total. The number of likely N-dealkylation sites (N-methyl/N-ethyl adjacent to an activating group) is 1. The van der Waals surface area contributed by atoms with Crippen molar-refractivity contribution in [3.63, 3.8) is 0 Å². The Balaban J connectivity index is 4.29. The van der Waals surface area contributed by atoms with Crippen LogP contribution in [0.25, 0.3) is 0 Å². The van der Waals surface area contributed by atoms with E-state index < -0.39 is 0 Å². The largest absolute Gasteiger partial charge is 0.343 e. The number of hydrogen-bond acceptors (Lipinski definition) is 2. The van der Waals surface area contributed by atoms with Gasteiger partial charge in [0.25, 0.3) is 0 Å². The van der Waals surface area contributed by atoms with E-state index in [0.717, 1.165) is 5.57 Å². The molecule has 0 aliphatic heterocycles. The first-order chi connectivity index (χ1) is 7.97. The van der Waals surface area contributed by atoms with E-state index in [9.17, 15) is 9.59 Å². The minimum atomic E-state index is -0.150. The molecule has 0 aromatic rings. The summed E-state index contributed by atoms with van der Waals surface area (Å²) in [4.78, 5) is 25.2. The third-order valence-electron chi connectivity index (χ3n) is 2.71. The molecule has 0 atom stereocenters. The summed E-state index contributed by atoms with van der Waals surface area (Å²) in [5, 5.41) is 2.67. The van der Waals surface area contributed by atoms with E-state index in [1.54, 1.807) is 11.0 Å². The molecule has 0 heterocycles. The number of carbonyl (C=O) groups is 2. The van der Waals surface area contributed by atoms with Gasteiger partial charge in [-0.2, -0.15) is 0 Å². The molecule has 0 fully saturated rings. The van der Waals surface area contributed by atoms with E-state index in [4.69, 9.17) is 0 Å². The van der Waals surface area contributed by atoms with E-state index in [-0.39, 0.29) is 24.3 Å². The smallest absolute Gasteiger partial charge is 0.247 e. The van der Waals surface area contributed by atoms with Crippen LogP contribution in [0, 0.1) is 5.92 Å². The Hall–Kier alpha value is -1.32. The third-order valence-corrected chi connectivity index (χ3v) is 2.71. The predicted molar refractivity (Wildman–Crippen MR) is 69.5 cm³/mol. The minimum absolute atomic E-state index is 0.0393. The quantitative estimate of drug-likeness (QED) is 0.716. The number of hydrogen-bond donors (Lipinski definition) is 1. The van der Waals surface area contributed by atoms with Gasteiger partial charge in [-0.3, -0.25) is 9.59 Å². The zero-order valence-corrected chi connectivity index (χ0v) is 11.5. The van der Waals surface area contributed by atoms with Crippen molar-refractivity contribution in [2.75, 3.05) is 19.6 Å². The van der Waals surface area contributed by atoms with Crippen LogP contribution in [-0.2, 0) is 9.59 Å². The molecular formula is C13H24N2O2. The number of nitrogens with zero attached hydrogens (tertiary/aromatic N) is 1. The van der Waals surface area contributed by atoms with Crippen molar-refractivity contribution >= 4 is 11.8 Å². The lowest BCUT2D eigenvalue weighted by molar-refractivity contribution is -0.131. The normalized spacial score (nSPS) is 11.5. The van der Waals surface area contributed by atoms with Crippen LogP contribution in [0.2, 0.25) is 0 Å². The van der Waals surface area contributed by atoms with Gasteiger partial charge in [-0.25, -0.2) is 0 Å². The molecule has 0 bridgehead atoms. The highest BCUT2D eigenvalue weighted by Crippen LogP contribution is 2.08. The molecule has 0 aliphatic rings. The molecule has 0 unspecified atom stereocenters. The van der Waals surface area contributed by atoms with Gasteiger partial charge in [-0.15, -0.1) is 0 Å². The molecule has 98 valence electrons. The van der Waals surface area contributed by atoms with Crippen LogP contribution in [0.1, 0.15) is 34.6 Å². The maximum absolute atomic E-state index is 11.8. The van der Waals surface area contributed by atoms with Crippen LogP contribution in [0.5, 0.6) is 0 Å². The highest BCUT2D eigenvalue weighted by atomic mass is 16.2. The summed E-state index contributed by atoms with van der Waals surface area (Å²) in [6.45, 7) is 11.0. The van der Waals surface area contributed by atoms with Crippen LogP contribution < -0.4 is 5.32 Å². The summed E-state index contributed by atoms with van der Waals surface area (Å²) in [7, 11) is 0. The van der Waals surface area contributed by atoms with Gasteiger partial charge in [0, 0.05) is 18.7 Å². The van der Waals surface area contributed by atoms with Crippen molar-refractivity contribution < 1.29 is 9.59 Å². The van der Waals surface area contributed by atoms with Gasteiger partial charge in [0.05, 0.1) is 6.54 Å². The maximum Gasteiger partial charge on any atom is 0.247 e. The SMILES string of the molecule is C/C=C(/C(=O)NCC(=O)N(CC)CC)C(C)C. The summed E-state index contributed by atoms with van der Waals surface area (Å²) < 4.78 is 0. The summed E-state index contributed by atoms with van der Waals surface area (Å²) in [5.74, 6) is -0.0193. The molecule has 2 amide bonds. The molecule has 17 heavy (non-hydrogen) atoms. The lowest BCUT2D eigenvalue weighted by Gasteiger charge is -2.19. The van der Waals surface area contributed by atoms with Crippen molar-refractivity contribution in [2.24, 2.45) is 5.92 Å². The van der Waals surface area contributed by atoms with Gasteiger partial charge in [0.15, 0.2) is 0 Å². The summed E-state index contributed by atoms with van der Waals surface area (Å²) in [6.07, 6.45) is 1.79. The van der Waals surface area contributed by atoms with Gasteiger partial charge < -0.3 is 10.2 Å². The standard InChI is InChI=1S/C13H24N2O2/c1-6-11(10(4)5)13(17)14-9-12(16)15(7-2)8-3/h6,10H,7-9H2,1-5H3,(H,14,17)/b11-6+. The first-order valence-corrected chi connectivity index (χ1v) is 6.20.